The molecule has 1 aromatic heterocycles. The highest BCUT2D eigenvalue weighted by molar-refractivity contribution is 6.05. The zero-order valence-corrected chi connectivity index (χ0v) is 9.85. The number of rotatable bonds is 3. The van der Waals surface area contributed by atoms with Crippen LogP contribution in [0, 0.1) is 5.82 Å². The molecule has 0 saturated carbocycles. The summed E-state index contributed by atoms with van der Waals surface area (Å²) >= 11 is 0. The molecule has 0 fully saturated rings. The SMILES string of the molecule is C=Cc1cnn(C)c1C(=O)Nc1cccc(F)c1. The first-order valence-corrected chi connectivity index (χ1v) is 5.33. The molecule has 4 nitrogen and oxygen atoms in total. The molecule has 0 saturated heterocycles. The summed E-state index contributed by atoms with van der Waals surface area (Å²) in [7, 11) is 1.66. The fourth-order valence-corrected chi connectivity index (χ4v) is 1.64. The molecule has 0 unspecified atom stereocenters. The van der Waals surface area contributed by atoms with Gasteiger partial charge < -0.3 is 5.32 Å². The molecule has 5 heteroatoms. The van der Waals surface area contributed by atoms with E-state index >= 15 is 0 Å². The summed E-state index contributed by atoms with van der Waals surface area (Å²) in [4.78, 5) is 12.0. The Hall–Kier alpha value is -2.43. The minimum Gasteiger partial charge on any atom is -0.321 e. The molecule has 0 aliphatic carbocycles. The van der Waals surface area contributed by atoms with Crippen molar-refractivity contribution in [2.75, 3.05) is 5.32 Å². The second-order valence-corrected chi connectivity index (χ2v) is 3.74. The minimum atomic E-state index is -0.401. The third-order valence-electron chi connectivity index (χ3n) is 2.48. The molecule has 0 radical (unpaired) electrons. The van der Waals surface area contributed by atoms with Crippen LogP contribution in [-0.2, 0) is 7.05 Å². The predicted molar refractivity (Wildman–Crippen MR) is 67.7 cm³/mol. The smallest absolute Gasteiger partial charge is 0.274 e. The molecule has 0 aliphatic rings. The molecular weight excluding hydrogens is 233 g/mol. The number of hydrogen-bond acceptors (Lipinski definition) is 2. The molecule has 2 aromatic rings. The number of carbonyl (C=O) groups is 1. The number of halogens is 1. The summed E-state index contributed by atoms with van der Waals surface area (Å²) in [6.07, 6.45) is 3.10. The highest BCUT2D eigenvalue weighted by Gasteiger charge is 2.15. The van der Waals surface area contributed by atoms with Gasteiger partial charge in [-0.3, -0.25) is 9.48 Å². The zero-order valence-electron chi connectivity index (χ0n) is 9.85. The van der Waals surface area contributed by atoms with Crippen LogP contribution in [0.5, 0.6) is 0 Å². The van der Waals surface area contributed by atoms with E-state index in [1.54, 1.807) is 25.4 Å². The van der Waals surface area contributed by atoms with Gasteiger partial charge in [-0.05, 0) is 18.2 Å². The van der Waals surface area contributed by atoms with Crippen molar-refractivity contribution in [2.24, 2.45) is 7.05 Å². The first-order chi connectivity index (χ1) is 8.61. The van der Waals surface area contributed by atoms with Crippen LogP contribution in [0.1, 0.15) is 16.1 Å². The second kappa shape index (κ2) is 4.83. The van der Waals surface area contributed by atoms with E-state index in [9.17, 15) is 9.18 Å². The minimum absolute atomic E-state index is 0.351. The Balaban J connectivity index is 2.27. The van der Waals surface area contributed by atoms with Gasteiger partial charge in [0.1, 0.15) is 11.5 Å². The second-order valence-electron chi connectivity index (χ2n) is 3.74. The molecule has 0 spiro atoms. The van der Waals surface area contributed by atoms with Gasteiger partial charge in [0.25, 0.3) is 5.91 Å². The van der Waals surface area contributed by atoms with Crippen LogP contribution in [0.15, 0.2) is 37.0 Å². The number of benzene rings is 1. The lowest BCUT2D eigenvalue weighted by Crippen LogP contribution is -2.17. The van der Waals surface area contributed by atoms with Gasteiger partial charge in [-0.2, -0.15) is 5.10 Å². The topological polar surface area (TPSA) is 46.9 Å². The Labute approximate surface area is 104 Å². The number of amides is 1. The van der Waals surface area contributed by atoms with Crippen molar-refractivity contribution in [3.05, 3.63) is 54.1 Å². The molecule has 1 N–H and O–H groups in total. The van der Waals surface area contributed by atoms with Crippen molar-refractivity contribution in [3.63, 3.8) is 0 Å². The average molecular weight is 245 g/mol. The van der Waals surface area contributed by atoms with Gasteiger partial charge >= 0.3 is 0 Å². The number of aryl methyl sites for hydroxylation is 1. The van der Waals surface area contributed by atoms with E-state index in [-0.39, 0.29) is 5.91 Å². The third-order valence-corrected chi connectivity index (χ3v) is 2.48. The van der Waals surface area contributed by atoms with Crippen LogP contribution in [0.25, 0.3) is 6.08 Å². The summed E-state index contributed by atoms with van der Waals surface area (Å²) in [5.74, 6) is -0.753. The van der Waals surface area contributed by atoms with Crippen molar-refractivity contribution < 1.29 is 9.18 Å². The number of hydrogen-bond donors (Lipinski definition) is 1. The molecule has 1 heterocycles. The first kappa shape index (κ1) is 12.0. The normalized spacial score (nSPS) is 10.1. The molecule has 92 valence electrons. The predicted octanol–water partition coefficient (Wildman–Crippen LogP) is 2.45. The largest absolute Gasteiger partial charge is 0.321 e. The maximum Gasteiger partial charge on any atom is 0.274 e. The molecule has 0 atom stereocenters. The van der Waals surface area contributed by atoms with Gasteiger partial charge in [-0.15, -0.1) is 0 Å². The average Bonchev–Trinajstić information content (AvgIpc) is 2.70. The highest BCUT2D eigenvalue weighted by Crippen LogP contribution is 2.14. The number of nitrogens with zero attached hydrogens (tertiary/aromatic N) is 2. The Morgan fingerprint density at radius 1 is 1.56 bits per heavy atom. The van der Waals surface area contributed by atoms with Gasteiger partial charge in [0.15, 0.2) is 0 Å². The Kier molecular flexibility index (Phi) is 3.23. The van der Waals surface area contributed by atoms with Gasteiger partial charge in [0.05, 0.1) is 6.20 Å². The zero-order chi connectivity index (χ0) is 13.1. The summed E-state index contributed by atoms with van der Waals surface area (Å²) in [6.45, 7) is 3.62. The lowest BCUT2D eigenvalue weighted by molar-refractivity contribution is 0.101. The van der Waals surface area contributed by atoms with E-state index in [0.29, 0.717) is 16.9 Å². The number of aromatic nitrogens is 2. The van der Waals surface area contributed by atoms with E-state index in [4.69, 9.17) is 0 Å². The number of anilines is 1. The van der Waals surface area contributed by atoms with Crippen LogP contribution in [-0.4, -0.2) is 15.7 Å². The summed E-state index contributed by atoms with van der Waals surface area (Å²) in [5, 5.41) is 6.59. The quantitative estimate of drug-likeness (QED) is 0.902. The molecule has 18 heavy (non-hydrogen) atoms. The van der Waals surface area contributed by atoms with Crippen molar-refractivity contribution in [2.45, 2.75) is 0 Å². The fourth-order valence-electron chi connectivity index (χ4n) is 1.64. The fraction of sp³-hybridized carbons (Fsp3) is 0.0769. The maximum atomic E-state index is 13.0. The van der Waals surface area contributed by atoms with E-state index < -0.39 is 5.82 Å². The van der Waals surface area contributed by atoms with E-state index in [0.717, 1.165) is 0 Å². The lowest BCUT2D eigenvalue weighted by Gasteiger charge is -2.06. The van der Waals surface area contributed by atoms with Crippen LogP contribution >= 0.6 is 0 Å². The molecule has 0 aliphatic heterocycles. The van der Waals surface area contributed by atoms with E-state index in [1.807, 2.05) is 0 Å². The molecule has 1 aromatic carbocycles. The van der Waals surface area contributed by atoms with Crippen LogP contribution in [0.2, 0.25) is 0 Å². The van der Waals surface area contributed by atoms with Crippen LogP contribution < -0.4 is 5.32 Å². The van der Waals surface area contributed by atoms with Crippen molar-refractivity contribution >= 4 is 17.7 Å². The first-order valence-electron chi connectivity index (χ1n) is 5.33. The van der Waals surface area contributed by atoms with Crippen molar-refractivity contribution in [3.8, 4) is 0 Å². The Morgan fingerprint density at radius 3 is 3.00 bits per heavy atom. The van der Waals surface area contributed by atoms with Crippen molar-refractivity contribution in [1.82, 2.24) is 9.78 Å². The monoisotopic (exact) mass is 245 g/mol. The van der Waals surface area contributed by atoms with Gasteiger partial charge in [-0.1, -0.05) is 18.7 Å². The van der Waals surface area contributed by atoms with Crippen molar-refractivity contribution in [1.29, 1.82) is 0 Å². The summed E-state index contributed by atoms with van der Waals surface area (Å²) in [5.41, 5.74) is 1.41. The molecule has 0 bridgehead atoms. The van der Waals surface area contributed by atoms with E-state index in [1.165, 1.54) is 22.9 Å². The van der Waals surface area contributed by atoms with Crippen LogP contribution in [0.3, 0.4) is 0 Å². The highest BCUT2D eigenvalue weighted by atomic mass is 19.1. The number of nitrogens with one attached hydrogen (secondary N) is 1. The Morgan fingerprint density at radius 2 is 2.33 bits per heavy atom. The molecule has 1 amide bonds. The standard InChI is InChI=1S/C13H12FN3O/c1-3-9-8-15-17(2)12(9)13(18)16-11-6-4-5-10(14)7-11/h3-8H,1H2,2H3,(H,16,18). The maximum absolute atomic E-state index is 13.0. The van der Waals surface area contributed by atoms with Gasteiger partial charge in [0.2, 0.25) is 0 Å². The molecular formula is C13H12FN3O. The number of carbonyl (C=O) groups excluding carboxylic acids is 1. The third kappa shape index (κ3) is 2.29. The van der Waals surface area contributed by atoms with Gasteiger partial charge in [-0.25, -0.2) is 4.39 Å². The summed E-state index contributed by atoms with van der Waals surface area (Å²) < 4.78 is 14.4. The molecule has 2 rings (SSSR count). The van der Waals surface area contributed by atoms with Crippen LogP contribution in [0.4, 0.5) is 10.1 Å². The Bertz CT molecular complexity index is 604. The summed E-state index contributed by atoms with van der Waals surface area (Å²) in [6, 6.07) is 5.71. The lowest BCUT2D eigenvalue weighted by atomic mass is 10.2. The van der Waals surface area contributed by atoms with E-state index in [2.05, 4.69) is 17.0 Å². The van der Waals surface area contributed by atoms with Gasteiger partial charge in [0, 0.05) is 18.3 Å².